The Morgan fingerprint density at radius 2 is 2.50 bits per heavy atom. The Morgan fingerprint density at radius 3 is 2.75 bits per heavy atom. The summed E-state index contributed by atoms with van der Waals surface area (Å²) < 4.78 is 0. The van der Waals surface area contributed by atoms with Crippen molar-refractivity contribution in [3.8, 4) is 0 Å². The number of halogens is 1. The Kier molecular flexibility index (Phi) is 1.84. The highest BCUT2D eigenvalue weighted by Gasteiger charge is 2.12. The summed E-state index contributed by atoms with van der Waals surface area (Å²) in [7, 11) is 0. The summed E-state index contributed by atoms with van der Waals surface area (Å²) >= 11 is 3.23. The first-order valence-electron chi connectivity index (χ1n) is 2.63. The van der Waals surface area contributed by atoms with Crippen molar-refractivity contribution in [3.63, 3.8) is 0 Å². The molecule has 0 N–H and O–H groups in total. The van der Waals surface area contributed by atoms with Gasteiger partial charge in [-0.1, -0.05) is 22.0 Å². The van der Waals surface area contributed by atoms with E-state index in [1.54, 1.807) is 0 Å². The van der Waals surface area contributed by atoms with Crippen LogP contribution in [0.1, 0.15) is 12.8 Å². The second kappa shape index (κ2) is 2.44. The molecule has 8 heavy (non-hydrogen) atoms. The molecule has 0 aromatic carbocycles. The molecule has 1 aliphatic carbocycles. The standard InChI is InChI=1S/C6H7BrO/c7-4-5-2-1-3-6(5)8/h2H,1,3-4H2. The van der Waals surface area contributed by atoms with E-state index in [2.05, 4.69) is 15.9 Å². The molecule has 0 aromatic rings. The van der Waals surface area contributed by atoms with Gasteiger partial charge in [-0.05, 0) is 6.42 Å². The normalized spacial score (nSPS) is 19.1. The van der Waals surface area contributed by atoms with Crippen LogP contribution in [-0.4, -0.2) is 11.1 Å². The maximum absolute atomic E-state index is 10.7. The zero-order valence-electron chi connectivity index (χ0n) is 4.48. The summed E-state index contributed by atoms with van der Waals surface area (Å²) in [5, 5.41) is 0.728. The van der Waals surface area contributed by atoms with Crippen molar-refractivity contribution in [3.05, 3.63) is 11.6 Å². The molecule has 0 amide bonds. The molecule has 0 saturated carbocycles. The lowest BCUT2D eigenvalue weighted by Crippen LogP contribution is -1.94. The van der Waals surface area contributed by atoms with E-state index in [-0.39, 0.29) is 0 Å². The molecule has 0 radical (unpaired) electrons. The monoisotopic (exact) mass is 174 g/mol. The third-order valence-corrected chi connectivity index (χ3v) is 1.87. The molecule has 1 nitrogen and oxygen atoms in total. The molecule has 2 heteroatoms. The number of hydrogen-bond acceptors (Lipinski definition) is 1. The van der Waals surface area contributed by atoms with Crippen molar-refractivity contribution in [2.75, 3.05) is 5.33 Å². The number of ketones is 1. The van der Waals surface area contributed by atoms with Crippen molar-refractivity contribution in [2.24, 2.45) is 0 Å². The number of alkyl halides is 1. The molecule has 1 rings (SSSR count). The summed E-state index contributed by atoms with van der Waals surface area (Å²) in [6.07, 6.45) is 3.66. The van der Waals surface area contributed by atoms with Gasteiger partial charge in [0.25, 0.3) is 0 Å². The fourth-order valence-electron chi connectivity index (χ4n) is 0.781. The summed E-state index contributed by atoms with van der Waals surface area (Å²) in [6.45, 7) is 0. The minimum absolute atomic E-state index is 0.307. The fraction of sp³-hybridized carbons (Fsp3) is 0.500. The average Bonchev–Trinajstić information content (AvgIpc) is 2.14. The van der Waals surface area contributed by atoms with E-state index in [0.29, 0.717) is 5.78 Å². The van der Waals surface area contributed by atoms with Crippen LogP contribution in [-0.2, 0) is 4.79 Å². The largest absolute Gasteiger partial charge is 0.295 e. The van der Waals surface area contributed by atoms with Crippen LogP contribution in [0.4, 0.5) is 0 Å². The van der Waals surface area contributed by atoms with Gasteiger partial charge >= 0.3 is 0 Å². The van der Waals surface area contributed by atoms with E-state index in [1.807, 2.05) is 6.08 Å². The van der Waals surface area contributed by atoms with Gasteiger partial charge in [0.1, 0.15) is 0 Å². The number of hydrogen-bond donors (Lipinski definition) is 0. The minimum atomic E-state index is 0.307. The van der Waals surface area contributed by atoms with E-state index < -0.39 is 0 Å². The van der Waals surface area contributed by atoms with E-state index in [4.69, 9.17) is 0 Å². The molecule has 0 unspecified atom stereocenters. The van der Waals surface area contributed by atoms with Gasteiger partial charge in [-0.2, -0.15) is 0 Å². The van der Waals surface area contributed by atoms with Crippen LogP contribution in [0.5, 0.6) is 0 Å². The van der Waals surface area contributed by atoms with Gasteiger partial charge in [-0.3, -0.25) is 4.79 Å². The van der Waals surface area contributed by atoms with Crippen LogP contribution in [0.15, 0.2) is 11.6 Å². The number of carbonyl (C=O) groups excluding carboxylic acids is 1. The number of carbonyl (C=O) groups is 1. The molecule has 0 heterocycles. The van der Waals surface area contributed by atoms with Crippen LogP contribution in [0, 0.1) is 0 Å². The second-order valence-corrected chi connectivity index (χ2v) is 2.39. The number of allylic oxidation sites excluding steroid dienone is 2. The molecule has 0 aromatic heterocycles. The Morgan fingerprint density at radius 1 is 1.75 bits per heavy atom. The van der Waals surface area contributed by atoms with Gasteiger partial charge in [-0.25, -0.2) is 0 Å². The van der Waals surface area contributed by atoms with Crippen LogP contribution < -0.4 is 0 Å². The summed E-state index contributed by atoms with van der Waals surface area (Å²) in [5.41, 5.74) is 0.949. The first kappa shape index (κ1) is 6.02. The van der Waals surface area contributed by atoms with Crippen molar-refractivity contribution in [1.82, 2.24) is 0 Å². The highest BCUT2D eigenvalue weighted by Crippen LogP contribution is 2.14. The first-order valence-corrected chi connectivity index (χ1v) is 3.75. The van der Waals surface area contributed by atoms with Gasteiger partial charge in [0.15, 0.2) is 5.78 Å². The quantitative estimate of drug-likeness (QED) is 0.554. The molecular formula is C6H7BrO. The Hall–Kier alpha value is -0.110. The van der Waals surface area contributed by atoms with E-state index in [1.165, 1.54) is 0 Å². The van der Waals surface area contributed by atoms with Gasteiger partial charge < -0.3 is 0 Å². The highest BCUT2D eigenvalue weighted by atomic mass is 79.9. The molecule has 0 atom stereocenters. The number of Topliss-reactive ketones (excluding diaryl/α,β-unsaturated/α-hetero) is 1. The fourth-order valence-corrected chi connectivity index (χ4v) is 1.32. The van der Waals surface area contributed by atoms with Crippen molar-refractivity contribution >= 4 is 21.7 Å². The van der Waals surface area contributed by atoms with Crippen molar-refractivity contribution < 1.29 is 4.79 Å². The van der Waals surface area contributed by atoms with Crippen LogP contribution in [0.3, 0.4) is 0 Å². The lowest BCUT2D eigenvalue weighted by atomic mass is 10.2. The van der Waals surface area contributed by atoms with Crippen molar-refractivity contribution in [2.45, 2.75) is 12.8 Å². The minimum Gasteiger partial charge on any atom is -0.295 e. The summed E-state index contributed by atoms with van der Waals surface area (Å²) in [5.74, 6) is 0.307. The van der Waals surface area contributed by atoms with Crippen molar-refractivity contribution in [1.29, 1.82) is 0 Å². The average molecular weight is 175 g/mol. The smallest absolute Gasteiger partial charge is 0.159 e. The molecule has 44 valence electrons. The van der Waals surface area contributed by atoms with Crippen LogP contribution in [0.2, 0.25) is 0 Å². The van der Waals surface area contributed by atoms with Gasteiger partial charge in [0, 0.05) is 17.3 Å². The zero-order valence-corrected chi connectivity index (χ0v) is 6.07. The summed E-state index contributed by atoms with van der Waals surface area (Å²) in [4.78, 5) is 10.7. The van der Waals surface area contributed by atoms with Gasteiger partial charge in [0.2, 0.25) is 0 Å². The molecule has 0 saturated heterocycles. The zero-order chi connectivity index (χ0) is 5.98. The Bertz CT molecular complexity index is 137. The topological polar surface area (TPSA) is 17.1 Å². The molecule has 0 aliphatic heterocycles. The molecule has 1 aliphatic rings. The van der Waals surface area contributed by atoms with E-state index in [9.17, 15) is 4.79 Å². The third-order valence-electron chi connectivity index (χ3n) is 1.26. The molecule has 0 spiro atoms. The first-order chi connectivity index (χ1) is 3.84. The van der Waals surface area contributed by atoms with E-state index >= 15 is 0 Å². The maximum atomic E-state index is 10.7. The maximum Gasteiger partial charge on any atom is 0.159 e. The second-order valence-electron chi connectivity index (χ2n) is 1.82. The molecule has 0 bridgehead atoms. The van der Waals surface area contributed by atoms with E-state index in [0.717, 1.165) is 23.7 Å². The highest BCUT2D eigenvalue weighted by molar-refractivity contribution is 9.09. The summed E-state index contributed by atoms with van der Waals surface area (Å²) in [6, 6.07) is 0. The SMILES string of the molecule is O=C1CCC=C1CBr. The lowest BCUT2D eigenvalue weighted by molar-refractivity contribution is -0.114. The molecular weight excluding hydrogens is 168 g/mol. The van der Waals surface area contributed by atoms with Crippen LogP contribution in [0.25, 0.3) is 0 Å². The predicted octanol–water partition coefficient (Wildman–Crippen LogP) is 1.67. The predicted molar refractivity (Wildman–Crippen MR) is 36.1 cm³/mol. The number of rotatable bonds is 1. The Labute approximate surface area is 56.9 Å². The van der Waals surface area contributed by atoms with Crippen LogP contribution >= 0.6 is 15.9 Å². The lowest BCUT2D eigenvalue weighted by Gasteiger charge is -1.87. The van der Waals surface area contributed by atoms with Gasteiger partial charge in [-0.15, -0.1) is 0 Å². The molecule has 0 fully saturated rings. The van der Waals surface area contributed by atoms with Gasteiger partial charge in [0.05, 0.1) is 0 Å². The third kappa shape index (κ3) is 0.996. The Balaban J connectivity index is 2.62.